The summed E-state index contributed by atoms with van der Waals surface area (Å²) < 4.78 is 5.26. The third-order valence-corrected chi connectivity index (χ3v) is 3.06. The molecule has 0 aliphatic heterocycles. The molecule has 0 bridgehead atoms. The van der Waals surface area contributed by atoms with E-state index < -0.39 is 0 Å². The Morgan fingerprint density at radius 1 is 1.17 bits per heavy atom. The van der Waals surface area contributed by atoms with Gasteiger partial charge in [0.1, 0.15) is 0 Å². The number of hydrogen-bond donors (Lipinski definition) is 0. The van der Waals surface area contributed by atoms with Crippen LogP contribution in [0.4, 0.5) is 0 Å². The van der Waals surface area contributed by atoms with Gasteiger partial charge >= 0.3 is 0 Å². The van der Waals surface area contributed by atoms with Crippen LogP contribution in [-0.2, 0) is 4.74 Å². The molecule has 1 nitrogen and oxygen atoms in total. The van der Waals surface area contributed by atoms with E-state index >= 15 is 0 Å². The summed E-state index contributed by atoms with van der Waals surface area (Å²) in [6.07, 6.45) is 6.41. The largest absolute Gasteiger partial charge is 0.382 e. The van der Waals surface area contributed by atoms with Crippen molar-refractivity contribution in [3.8, 4) is 0 Å². The van der Waals surface area contributed by atoms with Gasteiger partial charge in [0.25, 0.3) is 0 Å². The second-order valence-corrected chi connectivity index (χ2v) is 4.35. The van der Waals surface area contributed by atoms with Gasteiger partial charge in [-0.15, -0.1) is 0 Å². The van der Waals surface area contributed by atoms with Crippen molar-refractivity contribution in [2.75, 3.05) is 13.2 Å². The van der Waals surface area contributed by atoms with Crippen LogP contribution in [0.2, 0.25) is 0 Å². The molecule has 1 atom stereocenters. The second-order valence-electron chi connectivity index (χ2n) is 3.05. The molecule has 74 valence electrons. The number of ether oxygens (including phenoxy) is 1. The lowest BCUT2D eigenvalue weighted by Gasteiger charge is -2.05. The zero-order valence-electron chi connectivity index (χ0n) is 8.31. The third kappa shape index (κ3) is 8.54. The minimum atomic E-state index is 0.726. The summed E-state index contributed by atoms with van der Waals surface area (Å²) in [4.78, 5) is 0.726. The van der Waals surface area contributed by atoms with Gasteiger partial charge in [0, 0.05) is 18.0 Å². The number of hydrogen-bond acceptors (Lipinski definition) is 1. The highest BCUT2D eigenvalue weighted by atomic mass is 79.9. The average molecular weight is 237 g/mol. The van der Waals surface area contributed by atoms with Crippen LogP contribution in [-0.4, -0.2) is 18.0 Å². The van der Waals surface area contributed by atoms with E-state index in [2.05, 4.69) is 22.9 Å². The molecule has 0 amide bonds. The predicted molar refractivity (Wildman–Crippen MR) is 58.0 cm³/mol. The Balaban J connectivity index is 2.90. The minimum absolute atomic E-state index is 0.726. The van der Waals surface area contributed by atoms with Gasteiger partial charge in [-0.1, -0.05) is 35.7 Å². The van der Waals surface area contributed by atoms with Crippen LogP contribution in [0.1, 0.15) is 46.0 Å². The molecule has 0 radical (unpaired) electrons. The molecule has 1 unspecified atom stereocenters. The normalized spacial score (nSPS) is 13.2. The molecule has 0 fully saturated rings. The van der Waals surface area contributed by atoms with Gasteiger partial charge in [0.2, 0.25) is 0 Å². The van der Waals surface area contributed by atoms with Crippen LogP contribution in [0, 0.1) is 0 Å². The maximum atomic E-state index is 5.26. The van der Waals surface area contributed by atoms with Crippen molar-refractivity contribution < 1.29 is 4.74 Å². The molecule has 0 aromatic carbocycles. The van der Waals surface area contributed by atoms with Crippen LogP contribution < -0.4 is 0 Å². The van der Waals surface area contributed by atoms with Crippen molar-refractivity contribution in [1.29, 1.82) is 0 Å². The van der Waals surface area contributed by atoms with Crippen LogP contribution >= 0.6 is 15.9 Å². The second kappa shape index (κ2) is 9.53. The molecule has 0 aromatic rings. The minimum Gasteiger partial charge on any atom is -0.382 e. The van der Waals surface area contributed by atoms with Crippen molar-refractivity contribution in [3.05, 3.63) is 0 Å². The molecule has 0 aliphatic carbocycles. The fourth-order valence-corrected chi connectivity index (χ4v) is 1.42. The highest BCUT2D eigenvalue weighted by Crippen LogP contribution is 2.13. The van der Waals surface area contributed by atoms with Crippen molar-refractivity contribution in [3.63, 3.8) is 0 Å². The molecule has 0 saturated carbocycles. The van der Waals surface area contributed by atoms with Crippen molar-refractivity contribution in [1.82, 2.24) is 0 Å². The number of unbranched alkanes of at least 4 members (excludes halogenated alkanes) is 2. The summed E-state index contributed by atoms with van der Waals surface area (Å²) in [7, 11) is 0. The Labute approximate surface area is 85.0 Å². The Kier molecular flexibility index (Phi) is 9.88. The quantitative estimate of drug-likeness (QED) is 0.461. The molecular formula is C10H21BrO. The molecule has 0 saturated heterocycles. The van der Waals surface area contributed by atoms with Crippen molar-refractivity contribution in [2.24, 2.45) is 0 Å². The van der Waals surface area contributed by atoms with Gasteiger partial charge in [0.05, 0.1) is 0 Å². The first-order valence-corrected chi connectivity index (χ1v) is 5.94. The molecular weight excluding hydrogens is 216 g/mol. The van der Waals surface area contributed by atoms with E-state index in [1.165, 1.54) is 32.1 Å². The van der Waals surface area contributed by atoms with Gasteiger partial charge in [-0.3, -0.25) is 0 Å². The van der Waals surface area contributed by atoms with Gasteiger partial charge in [-0.05, 0) is 26.2 Å². The van der Waals surface area contributed by atoms with E-state index in [0.717, 1.165) is 18.0 Å². The average Bonchev–Trinajstić information content (AvgIpc) is 2.10. The van der Waals surface area contributed by atoms with Crippen LogP contribution in [0.15, 0.2) is 0 Å². The maximum absolute atomic E-state index is 5.26. The van der Waals surface area contributed by atoms with Gasteiger partial charge in [-0.25, -0.2) is 0 Å². The summed E-state index contributed by atoms with van der Waals surface area (Å²) in [5.74, 6) is 0. The Morgan fingerprint density at radius 3 is 2.50 bits per heavy atom. The standard InChI is InChI=1S/C10H21BrO/c1-3-10(11)8-6-5-7-9-12-4-2/h10H,3-9H2,1-2H3. The molecule has 0 rings (SSSR count). The Bertz CT molecular complexity index is 85.9. The number of halogens is 1. The fourth-order valence-electron chi connectivity index (χ4n) is 1.10. The first-order chi connectivity index (χ1) is 5.81. The molecule has 0 heterocycles. The molecule has 2 heteroatoms. The van der Waals surface area contributed by atoms with Crippen LogP contribution in [0.3, 0.4) is 0 Å². The van der Waals surface area contributed by atoms with Crippen molar-refractivity contribution >= 4 is 15.9 Å². The van der Waals surface area contributed by atoms with Crippen LogP contribution in [0.5, 0.6) is 0 Å². The lowest BCUT2D eigenvalue weighted by atomic mass is 10.1. The monoisotopic (exact) mass is 236 g/mol. The topological polar surface area (TPSA) is 9.23 Å². The summed E-state index contributed by atoms with van der Waals surface area (Å²) in [5, 5.41) is 0. The van der Waals surface area contributed by atoms with E-state index in [-0.39, 0.29) is 0 Å². The summed E-state index contributed by atoms with van der Waals surface area (Å²) in [6.45, 7) is 6.07. The lowest BCUT2D eigenvalue weighted by molar-refractivity contribution is 0.143. The Hall–Kier alpha value is 0.440. The molecule has 0 aromatic heterocycles. The number of alkyl halides is 1. The van der Waals surface area contributed by atoms with E-state index in [4.69, 9.17) is 4.74 Å². The van der Waals surface area contributed by atoms with Gasteiger partial charge < -0.3 is 4.74 Å². The van der Waals surface area contributed by atoms with Gasteiger partial charge in [0.15, 0.2) is 0 Å². The predicted octanol–water partition coefficient (Wildman–Crippen LogP) is 3.76. The summed E-state index contributed by atoms with van der Waals surface area (Å²) in [5.41, 5.74) is 0. The van der Waals surface area contributed by atoms with E-state index in [0.29, 0.717) is 0 Å². The first-order valence-electron chi connectivity index (χ1n) is 5.03. The van der Waals surface area contributed by atoms with Gasteiger partial charge in [-0.2, -0.15) is 0 Å². The maximum Gasteiger partial charge on any atom is 0.0465 e. The molecule has 0 N–H and O–H groups in total. The lowest BCUT2D eigenvalue weighted by Crippen LogP contribution is -1.96. The summed E-state index contributed by atoms with van der Waals surface area (Å²) >= 11 is 3.63. The highest BCUT2D eigenvalue weighted by Gasteiger charge is 1.99. The van der Waals surface area contributed by atoms with E-state index in [1.54, 1.807) is 0 Å². The van der Waals surface area contributed by atoms with Crippen molar-refractivity contribution in [2.45, 2.75) is 50.8 Å². The Morgan fingerprint density at radius 2 is 1.92 bits per heavy atom. The fraction of sp³-hybridized carbons (Fsp3) is 1.00. The SMILES string of the molecule is CCOCCCCCC(Br)CC. The zero-order chi connectivity index (χ0) is 9.23. The first kappa shape index (κ1) is 12.4. The molecule has 0 spiro atoms. The molecule has 0 aliphatic rings. The highest BCUT2D eigenvalue weighted by molar-refractivity contribution is 9.09. The van der Waals surface area contributed by atoms with Crippen LogP contribution in [0.25, 0.3) is 0 Å². The number of rotatable bonds is 8. The zero-order valence-corrected chi connectivity index (χ0v) is 9.90. The van der Waals surface area contributed by atoms with E-state index in [1.807, 2.05) is 6.92 Å². The summed E-state index contributed by atoms with van der Waals surface area (Å²) in [6, 6.07) is 0. The molecule has 12 heavy (non-hydrogen) atoms. The smallest absolute Gasteiger partial charge is 0.0465 e. The van der Waals surface area contributed by atoms with E-state index in [9.17, 15) is 0 Å². The third-order valence-electron chi connectivity index (χ3n) is 1.95.